The van der Waals surface area contributed by atoms with Crippen LogP contribution in [0.1, 0.15) is 422 Å². The highest BCUT2D eigenvalue weighted by molar-refractivity contribution is 4.86. The third kappa shape index (κ3) is 47.1. The molecule has 0 bridgehead atoms. The SMILES string of the molecule is CC(C)C1(F)CCCCC1.CC(C)C1CCCCC1.CC(C)C1CCCCC1.CC(C)C1CCCCC1.CC(C)C1CCCCC1(F)F.CC(C)C1CCCCN1C.CC(C)C1CCCCO1.CC(C)[C@@H]1CCCCN1C.CC(C)[C@@H]1CCCCO1.CC(C)[C@H]1CCCCN1C.CC(C)[C@H]1CCCCO1. The lowest BCUT2D eigenvalue weighted by Gasteiger charge is -2.35. The van der Waals surface area contributed by atoms with Crippen molar-refractivity contribution >= 4 is 0 Å². The molecule has 0 radical (unpaired) electrons. The molecule has 105 heavy (non-hydrogen) atoms. The minimum absolute atomic E-state index is 0.107. The van der Waals surface area contributed by atoms with Crippen LogP contribution >= 0.6 is 0 Å². The second-order valence-electron chi connectivity index (χ2n) is 39.3. The first-order valence-corrected chi connectivity index (χ1v) is 46.7. The molecule has 11 rings (SSSR count). The molecule has 0 spiro atoms. The Morgan fingerprint density at radius 1 is 0.248 bits per heavy atom. The van der Waals surface area contributed by atoms with E-state index in [1.165, 1.54) is 238 Å². The zero-order valence-corrected chi connectivity index (χ0v) is 75.8. The largest absolute Gasteiger partial charge is 0.378 e. The van der Waals surface area contributed by atoms with Gasteiger partial charge < -0.3 is 28.9 Å². The van der Waals surface area contributed by atoms with E-state index in [0.29, 0.717) is 48.9 Å². The number of ether oxygens (including phenoxy) is 3. The minimum atomic E-state index is -2.38. The summed E-state index contributed by atoms with van der Waals surface area (Å²) in [4.78, 5) is 7.52. The summed E-state index contributed by atoms with van der Waals surface area (Å²) in [6.45, 7) is 56.2. The Labute approximate surface area is 658 Å². The predicted molar refractivity (Wildman–Crippen MR) is 458 cm³/mol. The van der Waals surface area contributed by atoms with Gasteiger partial charge in [0.25, 0.3) is 5.92 Å². The summed E-state index contributed by atoms with van der Waals surface area (Å²) in [6.07, 6.45) is 56.0. The number of hydrogen-bond acceptors (Lipinski definition) is 6. The third-order valence-corrected chi connectivity index (χ3v) is 26.8. The zero-order chi connectivity index (χ0) is 78.9. The maximum Gasteiger partial charge on any atom is 0.251 e. The van der Waals surface area contributed by atoms with Crippen molar-refractivity contribution in [2.75, 3.05) is 60.6 Å². The van der Waals surface area contributed by atoms with Crippen LogP contribution in [-0.2, 0) is 14.2 Å². The topological polar surface area (TPSA) is 37.4 Å². The molecule has 0 N–H and O–H groups in total. The van der Waals surface area contributed by atoms with E-state index in [1.807, 2.05) is 27.7 Å². The molecule has 0 aromatic heterocycles. The molecule has 3 unspecified atom stereocenters. The van der Waals surface area contributed by atoms with Gasteiger partial charge in [0, 0.05) is 50.3 Å². The Bertz CT molecular complexity index is 1670. The molecule has 6 nitrogen and oxygen atoms in total. The van der Waals surface area contributed by atoms with Crippen molar-refractivity contribution in [3.8, 4) is 0 Å². The van der Waals surface area contributed by atoms with Crippen molar-refractivity contribution in [3.05, 3.63) is 0 Å². The number of alkyl halides is 3. The fraction of sp³-hybridized carbons (Fsp3) is 1.00. The average molecular weight is 1490 g/mol. The summed E-state index contributed by atoms with van der Waals surface area (Å²) in [5.74, 6) is 8.22. The van der Waals surface area contributed by atoms with Gasteiger partial charge in [-0.2, -0.15) is 0 Å². The zero-order valence-electron chi connectivity index (χ0n) is 75.8. The molecule has 5 aliphatic carbocycles. The Morgan fingerprint density at radius 3 is 0.657 bits per heavy atom. The fourth-order valence-electron chi connectivity index (χ4n) is 18.8. The lowest BCUT2D eigenvalue weighted by molar-refractivity contribution is -0.101. The van der Waals surface area contributed by atoms with Crippen LogP contribution in [0.25, 0.3) is 0 Å². The van der Waals surface area contributed by atoms with Gasteiger partial charge in [0.2, 0.25) is 0 Å². The molecule has 0 aromatic rings. The van der Waals surface area contributed by atoms with Crippen LogP contribution in [0.15, 0.2) is 0 Å². The van der Waals surface area contributed by atoms with Crippen molar-refractivity contribution in [1.82, 2.24) is 14.7 Å². The summed E-state index contributed by atoms with van der Waals surface area (Å²) in [5, 5.41) is 0. The predicted octanol–water partition coefficient (Wildman–Crippen LogP) is 29.5. The summed E-state index contributed by atoms with van der Waals surface area (Å²) >= 11 is 0. The number of piperidine rings is 3. The van der Waals surface area contributed by atoms with Gasteiger partial charge in [0.15, 0.2) is 0 Å². The standard InChI is InChI=1S/C9H16F2.C9H17F.3C9H19N.3C9H18.3C8H16O/c1-7(2)8-5-3-4-6-9(8,10)11;1-8(2)9(10)6-4-3-5-7-9;3*1-8(2)9-6-4-5-7-10(9)3;3*1-8(2)9-6-4-3-5-7-9;3*1-7(2)8-5-3-4-6-9-8/h7-8H,3-6H2,1-2H3;8H,3-7H2,1-2H3;3*8-9H,4-7H2,1-3H3;3*8-9H,3-7H2,1-2H3;3*7-8H,3-6H2,1-2H3/t;;2*9-;;;;;2*8-;/m..10....10./s1. The van der Waals surface area contributed by atoms with Crippen LogP contribution in [0.4, 0.5) is 13.2 Å². The number of hydrogen-bond donors (Lipinski definition) is 0. The van der Waals surface area contributed by atoms with Crippen molar-refractivity contribution < 1.29 is 27.4 Å². The number of likely N-dealkylation sites (tertiary alicyclic amines) is 3. The normalized spacial score (nSPS) is 27.4. The molecule has 11 fully saturated rings. The maximum absolute atomic E-state index is 13.7. The van der Waals surface area contributed by atoms with Crippen molar-refractivity contribution in [3.63, 3.8) is 0 Å². The van der Waals surface area contributed by atoms with E-state index in [1.54, 1.807) is 0 Å². The van der Waals surface area contributed by atoms with Gasteiger partial charge in [-0.15, -0.1) is 0 Å². The summed E-state index contributed by atoms with van der Waals surface area (Å²) in [5.41, 5.74) is -0.821. The molecular weight excluding hydrogens is 1300 g/mol. The van der Waals surface area contributed by atoms with Gasteiger partial charge in [-0.1, -0.05) is 294 Å². The number of nitrogens with zero attached hydrogens (tertiary/aromatic N) is 3. The smallest absolute Gasteiger partial charge is 0.251 e. The molecule has 11 aliphatic rings. The fourth-order valence-corrected chi connectivity index (χ4v) is 18.8. The monoisotopic (exact) mass is 1490 g/mol. The van der Waals surface area contributed by atoms with E-state index in [9.17, 15) is 13.2 Å². The highest BCUT2D eigenvalue weighted by Crippen LogP contribution is 2.43. The lowest BCUT2D eigenvalue weighted by atomic mass is 9.79. The molecule has 0 aromatic carbocycles. The maximum atomic E-state index is 13.7. The molecule has 5 saturated carbocycles. The highest BCUT2D eigenvalue weighted by Gasteiger charge is 2.43. The first kappa shape index (κ1) is 103. The lowest BCUT2D eigenvalue weighted by Crippen LogP contribution is -2.39. The van der Waals surface area contributed by atoms with Gasteiger partial charge in [-0.05, 0) is 246 Å². The second-order valence-corrected chi connectivity index (χ2v) is 39.3. The number of rotatable bonds is 11. The molecular formula is C96H192F3N3O3. The van der Waals surface area contributed by atoms with E-state index in [2.05, 4.69) is 160 Å². The molecule has 6 saturated heterocycles. The number of halogens is 3. The Hall–Kier alpha value is -0.450. The first-order chi connectivity index (χ1) is 49.7. The van der Waals surface area contributed by atoms with Crippen LogP contribution in [-0.4, -0.2) is 123 Å². The van der Waals surface area contributed by atoms with Crippen molar-refractivity contribution in [1.29, 1.82) is 0 Å². The molecule has 6 heterocycles. The van der Waals surface area contributed by atoms with Gasteiger partial charge >= 0.3 is 0 Å². The van der Waals surface area contributed by atoms with E-state index in [0.717, 1.165) is 123 Å². The summed E-state index contributed by atoms with van der Waals surface area (Å²) < 4.78 is 56.6. The van der Waals surface area contributed by atoms with Crippen LogP contribution < -0.4 is 0 Å². The summed E-state index contributed by atoms with van der Waals surface area (Å²) in [7, 11) is 6.76. The van der Waals surface area contributed by atoms with E-state index in [-0.39, 0.29) is 24.2 Å². The van der Waals surface area contributed by atoms with Gasteiger partial charge in [-0.25, -0.2) is 13.2 Å². The summed E-state index contributed by atoms with van der Waals surface area (Å²) in [6, 6.07) is 2.57. The third-order valence-electron chi connectivity index (χ3n) is 26.8. The van der Waals surface area contributed by atoms with Crippen LogP contribution in [0, 0.1) is 88.8 Å². The molecule has 9 heteroatoms. The Balaban J connectivity index is 0.000000578. The van der Waals surface area contributed by atoms with Crippen LogP contribution in [0.2, 0.25) is 0 Å². The Morgan fingerprint density at radius 2 is 0.495 bits per heavy atom. The highest BCUT2D eigenvalue weighted by atomic mass is 19.3. The van der Waals surface area contributed by atoms with E-state index < -0.39 is 11.6 Å². The van der Waals surface area contributed by atoms with E-state index in [4.69, 9.17) is 14.2 Å². The minimum Gasteiger partial charge on any atom is -0.378 e. The van der Waals surface area contributed by atoms with Crippen LogP contribution in [0.5, 0.6) is 0 Å². The average Bonchev–Trinajstić information content (AvgIpc) is 0.834. The quantitative estimate of drug-likeness (QED) is 0.205. The first-order valence-electron chi connectivity index (χ1n) is 46.7. The van der Waals surface area contributed by atoms with Crippen molar-refractivity contribution in [2.24, 2.45) is 88.8 Å². The van der Waals surface area contributed by atoms with Crippen molar-refractivity contribution in [2.45, 2.75) is 470 Å². The molecule has 7 atom stereocenters. The van der Waals surface area contributed by atoms with Gasteiger partial charge in [0.1, 0.15) is 5.67 Å². The second kappa shape index (κ2) is 60.2. The molecule has 630 valence electrons. The molecule has 0 amide bonds. The Kier molecular flexibility index (Phi) is 58.8. The van der Waals surface area contributed by atoms with Crippen LogP contribution in [0.3, 0.4) is 0 Å². The molecule has 6 aliphatic heterocycles. The van der Waals surface area contributed by atoms with Gasteiger partial charge in [0.05, 0.1) is 18.3 Å². The van der Waals surface area contributed by atoms with E-state index >= 15 is 0 Å². The van der Waals surface area contributed by atoms with Gasteiger partial charge in [-0.3, -0.25) is 0 Å².